The summed E-state index contributed by atoms with van der Waals surface area (Å²) in [6, 6.07) is 21.3. The van der Waals surface area contributed by atoms with Gasteiger partial charge in [0.15, 0.2) is 0 Å². The lowest BCUT2D eigenvalue weighted by molar-refractivity contribution is 0.116. The number of aliphatic hydroxyl groups excluding tert-OH is 1. The first-order valence-electron chi connectivity index (χ1n) is 12.3. The monoisotopic (exact) mass is 493 g/mol. The molecule has 6 nitrogen and oxygen atoms in total. The summed E-state index contributed by atoms with van der Waals surface area (Å²) in [7, 11) is 0. The van der Waals surface area contributed by atoms with Crippen molar-refractivity contribution in [2.45, 2.75) is 19.4 Å². The molecule has 0 radical (unpaired) electrons. The van der Waals surface area contributed by atoms with Crippen LogP contribution in [-0.4, -0.2) is 39.7 Å². The molecule has 180 valence electrons. The van der Waals surface area contributed by atoms with Gasteiger partial charge < -0.3 is 15.4 Å². The minimum absolute atomic E-state index is 0.269. The number of piperidine rings is 1. The molecule has 1 aliphatic rings. The van der Waals surface area contributed by atoms with Crippen LogP contribution in [0.4, 0.5) is 11.4 Å². The van der Waals surface area contributed by atoms with E-state index < -0.39 is 0 Å². The highest BCUT2D eigenvalue weighted by atomic mass is 32.1. The summed E-state index contributed by atoms with van der Waals surface area (Å²) in [6.07, 6.45) is 5.84. The molecule has 6 rings (SSSR count). The van der Waals surface area contributed by atoms with E-state index in [0.717, 1.165) is 75.4 Å². The fourth-order valence-electron chi connectivity index (χ4n) is 5.15. The number of aromatic nitrogens is 2. The predicted octanol–water partition coefficient (Wildman–Crippen LogP) is 6.26. The van der Waals surface area contributed by atoms with Gasteiger partial charge >= 0.3 is 0 Å². The molecular weight excluding hydrogens is 466 g/mol. The summed E-state index contributed by atoms with van der Waals surface area (Å²) >= 11 is 1.64. The number of nitrogens with one attached hydrogen (secondary N) is 2. The average Bonchev–Trinajstić information content (AvgIpc) is 3.56. The van der Waals surface area contributed by atoms with Crippen molar-refractivity contribution in [3.05, 3.63) is 78.1 Å². The van der Waals surface area contributed by atoms with E-state index in [1.807, 2.05) is 24.4 Å². The number of pyridine rings is 1. The molecule has 4 heterocycles. The number of anilines is 2. The van der Waals surface area contributed by atoms with Crippen molar-refractivity contribution in [2.24, 2.45) is 5.92 Å². The zero-order chi connectivity index (χ0) is 24.5. The number of rotatable bonds is 6. The van der Waals surface area contributed by atoms with E-state index in [1.54, 1.807) is 17.5 Å². The zero-order valence-corrected chi connectivity index (χ0v) is 20.7. The number of thiophene rings is 1. The fourth-order valence-corrected chi connectivity index (χ4v) is 6.16. The number of H-pyrrole nitrogens is 1. The van der Waals surface area contributed by atoms with Crippen LogP contribution in [0.3, 0.4) is 0 Å². The number of fused-ring (bicyclic) bond motifs is 2. The highest BCUT2D eigenvalue weighted by molar-refractivity contribution is 7.22. The van der Waals surface area contributed by atoms with Gasteiger partial charge in [-0.1, -0.05) is 18.2 Å². The van der Waals surface area contributed by atoms with Crippen molar-refractivity contribution < 1.29 is 5.11 Å². The van der Waals surface area contributed by atoms with E-state index in [4.69, 9.17) is 0 Å². The maximum Gasteiger partial charge on any atom is 0.126 e. The maximum atomic E-state index is 9.80. The number of aromatic amines is 1. The van der Waals surface area contributed by atoms with Crippen molar-refractivity contribution >= 4 is 43.8 Å². The molecule has 1 unspecified atom stereocenters. The topological polar surface area (TPSA) is 88.0 Å². The second-order valence-corrected chi connectivity index (χ2v) is 10.5. The lowest BCUT2D eigenvalue weighted by atomic mass is 9.98. The minimum Gasteiger partial charge on any atom is -0.396 e. The minimum atomic E-state index is 0.269. The molecule has 3 aromatic heterocycles. The number of hydrogen-bond acceptors (Lipinski definition) is 6. The van der Waals surface area contributed by atoms with E-state index in [-0.39, 0.29) is 6.61 Å². The van der Waals surface area contributed by atoms with Gasteiger partial charge in [0.1, 0.15) is 10.9 Å². The van der Waals surface area contributed by atoms with Gasteiger partial charge in [-0.05, 0) is 72.8 Å². The Morgan fingerprint density at radius 2 is 2.14 bits per heavy atom. The first kappa shape index (κ1) is 22.7. The summed E-state index contributed by atoms with van der Waals surface area (Å²) in [5.74, 6) is 0.383. The first-order chi connectivity index (χ1) is 17.7. The normalized spacial score (nSPS) is 16.4. The fraction of sp³-hybridized carbons (Fsp3) is 0.241. The smallest absolute Gasteiger partial charge is 0.126 e. The number of likely N-dealkylation sites (tertiary alicyclic amines) is 1. The van der Waals surface area contributed by atoms with Crippen molar-refractivity contribution in [1.29, 1.82) is 5.26 Å². The Morgan fingerprint density at radius 3 is 3.03 bits per heavy atom. The van der Waals surface area contributed by atoms with Crippen LogP contribution in [0.1, 0.15) is 24.0 Å². The third kappa shape index (κ3) is 4.47. The Balaban J connectivity index is 1.32. The molecule has 7 heteroatoms. The van der Waals surface area contributed by atoms with Crippen LogP contribution < -0.4 is 5.32 Å². The zero-order valence-electron chi connectivity index (χ0n) is 19.9. The van der Waals surface area contributed by atoms with E-state index in [0.29, 0.717) is 11.5 Å². The summed E-state index contributed by atoms with van der Waals surface area (Å²) in [5, 5.41) is 24.9. The number of nitrogens with zero attached hydrogens (tertiary/aromatic N) is 3. The SMILES string of the molecule is N#Cc1cnc2sc(-c3cccc(CN4CCCC(CO)C4)c3)cc2c1Nc1ccc2[nH]ccc2c1. The molecule has 2 aromatic carbocycles. The van der Waals surface area contributed by atoms with E-state index >= 15 is 0 Å². The van der Waals surface area contributed by atoms with Crippen LogP contribution in [-0.2, 0) is 6.54 Å². The quantitative estimate of drug-likeness (QED) is 0.260. The molecule has 1 fully saturated rings. The van der Waals surface area contributed by atoms with Crippen LogP contribution in [0.25, 0.3) is 31.6 Å². The van der Waals surface area contributed by atoms with Gasteiger partial charge in [-0.25, -0.2) is 4.98 Å². The molecule has 5 aromatic rings. The van der Waals surface area contributed by atoms with Crippen LogP contribution in [0, 0.1) is 17.2 Å². The third-order valence-corrected chi connectivity index (χ3v) is 8.08. The van der Waals surface area contributed by atoms with Crippen molar-refractivity contribution in [3.63, 3.8) is 0 Å². The number of aliphatic hydroxyl groups is 1. The Labute approximate surface area is 213 Å². The van der Waals surface area contributed by atoms with E-state index in [9.17, 15) is 10.4 Å². The Hall–Kier alpha value is -3.70. The molecule has 0 aliphatic carbocycles. The van der Waals surface area contributed by atoms with Crippen molar-refractivity contribution in [3.8, 4) is 16.5 Å². The molecule has 0 bridgehead atoms. The molecule has 1 atom stereocenters. The number of hydrogen-bond donors (Lipinski definition) is 3. The summed E-state index contributed by atoms with van der Waals surface area (Å²) in [6.45, 7) is 3.19. The van der Waals surface area contributed by atoms with Gasteiger partial charge in [0.2, 0.25) is 0 Å². The maximum absolute atomic E-state index is 9.80. The van der Waals surface area contributed by atoms with Gasteiger partial charge in [-0.15, -0.1) is 11.3 Å². The summed E-state index contributed by atoms with van der Waals surface area (Å²) in [5.41, 5.74) is 5.76. The first-order valence-corrected chi connectivity index (χ1v) is 13.1. The van der Waals surface area contributed by atoms with Crippen LogP contribution in [0.2, 0.25) is 0 Å². The van der Waals surface area contributed by atoms with Crippen LogP contribution >= 0.6 is 11.3 Å². The Bertz CT molecular complexity index is 1580. The molecule has 1 aliphatic heterocycles. The van der Waals surface area contributed by atoms with Crippen LogP contribution in [0.15, 0.2) is 67.0 Å². The second kappa shape index (κ2) is 9.75. The van der Waals surface area contributed by atoms with Gasteiger partial charge in [-0.3, -0.25) is 4.90 Å². The standard InChI is InChI=1S/C29H27N5OS/c30-14-23-15-32-29-25(28(23)33-24-6-7-26-21(12-24)8-9-31-26)13-27(36-29)22-5-1-3-19(11-22)16-34-10-2-4-20(17-34)18-35/h1,3,5-9,11-13,15,20,31,35H,2,4,10,16-18H2,(H,32,33). The van der Waals surface area contributed by atoms with Gasteiger partial charge in [-0.2, -0.15) is 5.26 Å². The molecule has 0 saturated carbocycles. The molecule has 36 heavy (non-hydrogen) atoms. The number of benzene rings is 2. The highest BCUT2D eigenvalue weighted by Crippen LogP contribution is 2.39. The van der Waals surface area contributed by atoms with Crippen molar-refractivity contribution in [2.75, 3.05) is 25.0 Å². The molecule has 0 spiro atoms. The van der Waals surface area contributed by atoms with Gasteiger partial charge in [0.05, 0.1) is 11.3 Å². The Morgan fingerprint density at radius 1 is 1.19 bits per heavy atom. The highest BCUT2D eigenvalue weighted by Gasteiger charge is 2.19. The summed E-state index contributed by atoms with van der Waals surface area (Å²) in [4.78, 5) is 12.3. The van der Waals surface area contributed by atoms with E-state index in [1.165, 1.54) is 5.56 Å². The van der Waals surface area contributed by atoms with Crippen LogP contribution in [0.5, 0.6) is 0 Å². The molecule has 3 N–H and O–H groups in total. The molecule has 1 saturated heterocycles. The predicted molar refractivity (Wildman–Crippen MR) is 146 cm³/mol. The molecule has 0 amide bonds. The molecular formula is C29H27N5OS. The lowest BCUT2D eigenvalue weighted by Crippen LogP contribution is -2.36. The largest absolute Gasteiger partial charge is 0.396 e. The summed E-state index contributed by atoms with van der Waals surface area (Å²) < 4.78 is 0. The third-order valence-electron chi connectivity index (χ3n) is 6.98. The van der Waals surface area contributed by atoms with Gasteiger partial charge in [0.25, 0.3) is 0 Å². The lowest BCUT2D eigenvalue weighted by Gasteiger charge is -2.31. The van der Waals surface area contributed by atoms with E-state index in [2.05, 4.69) is 62.7 Å². The van der Waals surface area contributed by atoms with Gasteiger partial charge in [0, 0.05) is 58.9 Å². The van der Waals surface area contributed by atoms with Crippen molar-refractivity contribution in [1.82, 2.24) is 14.9 Å². The Kier molecular flexibility index (Phi) is 6.16. The number of nitriles is 1. The average molecular weight is 494 g/mol. The second-order valence-electron chi connectivity index (χ2n) is 9.52.